The number of ether oxygens (including phenoxy) is 2. The van der Waals surface area contributed by atoms with Crippen LogP contribution in [0.1, 0.15) is 26.5 Å². The fourth-order valence-corrected chi connectivity index (χ4v) is 4.03. The molecule has 0 atom stereocenters. The summed E-state index contributed by atoms with van der Waals surface area (Å²) in [6, 6.07) is 6.14. The predicted molar refractivity (Wildman–Crippen MR) is 97.5 cm³/mol. The second-order valence-corrected chi connectivity index (χ2v) is 7.20. The Morgan fingerprint density at radius 3 is 2.79 bits per heavy atom. The summed E-state index contributed by atoms with van der Waals surface area (Å²) in [5.74, 6) is 0.622. The molecule has 3 aromatic rings. The number of alkyl halides is 3. The van der Waals surface area contributed by atoms with E-state index < -0.39 is 17.6 Å². The third kappa shape index (κ3) is 3.19. The third-order valence-corrected chi connectivity index (χ3v) is 5.33. The third-order valence-electron chi connectivity index (χ3n) is 4.23. The van der Waals surface area contributed by atoms with Crippen molar-refractivity contribution < 1.29 is 27.4 Å². The molecule has 4 rings (SSSR count). The molecule has 10 heteroatoms. The Morgan fingerprint density at radius 2 is 2.04 bits per heavy atom. The van der Waals surface area contributed by atoms with Crippen molar-refractivity contribution in [3.8, 4) is 11.5 Å². The van der Waals surface area contributed by atoms with Crippen LogP contribution in [0.15, 0.2) is 24.3 Å². The summed E-state index contributed by atoms with van der Waals surface area (Å²) in [6.45, 7) is 1.75. The monoisotopic (exact) mass is 409 g/mol. The number of thiophene rings is 1. The number of halogens is 3. The van der Waals surface area contributed by atoms with Gasteiger partial charge in [-0.15, -0.1) is 11.3 Å². The normalized spacial score (nSPS) is 13.1. The van der Waals surface area contributed by atoms with Gasteiger partial charge in [-0.05, 0) is 30.7 Å². The van der Waals surface area contributed by atoms with Gasteiger partial charge in [0.1, 0.15) is 9.71 Å². The van der Waals surface area contributed by atoms with E-state index in [4.69, 9.17) is 15.2 Å². The number of nitrogen functional groups attached to an aromatic ring is 1. The lowest BCUT2D eigenvalue weighted by molar-refractivity contribution is -0.136. The Bertz CT molecular complexity index is 1100. The van der Waals surface area contributed by atoms with E-state index in [0.717, 1.165) is 23.0 Å². The maximum atomic E-state index is 13.4. The lowest BCUT2D eigenvalue weighted by Crippen LogP contribution is -2.22. The van der Waals surface area contributed by atoms with Crippen molar-refractivity contribution in [2.75, 3.05) is 12.5 Å². The van der Waals surface area contributed by atoms with Crippen molar-refractivity contribution in [2.24, 2.45) is 0 Å². The second kappa shape index (κ2) is 6.55. The zero-order chi connectivity index (χ0) is 20.1. The maximum Gasteiger partial charge on any atom is 0.417 e. The SMILES string of the molecule is Cc1cc(C(F)(F)F)c2c(N)c(C(=O)NCc3ccc4c(c3)OCO4)sc2n1. The van der Waals surface area contributed by atoms with E-state index in [0.29, 0.717) is 11.5 Å². The number of hydrogen-bond acceptors (Lipinski definition) is 6. The number of carbonyl (C=O) groups excluding carboxylic acids is 1. The Labute approximate surface area is 161 Å². The number of aryl methyl sites for hydroxylation is 1. The number of nitrogens with one attached hydrogen (secondary N) is 1. The van der Waals surface area contributed by atoms with Crippen LogP contribution in [-0.2, 0) is 12.7 Å². The molecule has 0 unspecified atom stereocenters. The van der Waals surface area contributed by atoms with Gasteiger partial charge in [0.25, 0.3) is 5.91 Å². The number of aromatic nitrogens is 1. The molecule has 28 heavy (non-hydrogen) atoms. The number of hydrogen-bond donors (Lipinski definition) is 2. The van der Waals surface area contributed by atoms with Gasteiger partial charge in [0.2, 0.25) is 6.79 Å². The number of amides is 1. The summed E-state index contributed by atoms with van der Waals surface area (Å²) in [5.41, 5.74) is 5.75. The highest BCUT2D eigenvalue weighted by Gasteiger charge is 2.35. The number of anilines is 1. The van der Waals surface area contributed by atoms with Gasteiger partial charge in [-0.1, -0.05) is 6.07 Å². The minimum absolute atomic E-state index is 0.000608. The molecule has 0 radical (unpaired) electrons. The summed E-state index contributed by atoms with van der Waals surface area (Å²) < 4.78 is 50.6. The topological polar surface area (TPSA) is 86.5 Å². The van der Waals surface area contributed by atoms with Gasteiger partial charge < -0.3 is 20.5 Å². The van der Waals surface area contributed by atoms with Gasteiger partial charge in [-0.25, -0.2) is 4.98 Å². The Balaban J connectivity index is 1.62. The first-order chi connectivity index (χ1) is 13.2. The molecule has 0 saturated heterocycles. The standard InChI is InChI=1S/C18H14F3N3O3S/c1-8-4-10(18(19,20)21)13-14(22)15(28-17(13)24-8)16(25)23-6-9-2-3-11-12(5-9)27-7-26-11/h2-5H,6-7,22H2,1H3,(H,23,25). The molecule has 6 nitrogen and oxygen atoms in total. The first kappa shape index (κ1) is 18.4. The molecule has 3 N–H and O–H groups in total. The molecule has 0 saturated carbocycles. The van der Waals surface area contributed by atoms with Crippen molar-refractivity contribution in [3.63, 3.8) is 0 Å². The van der Waals surface area contributed by atoms with Crippen LogP contribution in [0.3, 0.4) is 0 Å². The fraction of sp³-hybridized carbons (Fsp3) is 0.222. The maximum absolute atomic E-state index is 13.4. The fourth-order valence-electron chi connectivity index (χ4n) is 2.95. The van der Waals surface area contributed by atoms with E-state index >= 15 is 0 Å². The molecule has 1 aromatic carbocycles. The van der Waals surface area contributed by atoms with E-state index in [-0.39, 0.29) is 39.8 Å². The highest BCUT2D eigenvalue weighted by atomic mass is 32.1. The highest BCUT2D eigenvalue weighted by molar-refractivity contribution is 7.21. The lowest BCUT2D eigenvalue weighted by atomic mass is 10.1. The van der Waals surface area contributed by atoms with Crippen molar-refractivity contribution in [1.82, 2.24) is 10.3 Å². The first-order valence-corrected chi connectivity index (χ1v) is 8.99. The molecule has 2 aromatic heterocycles. The molecule has 3 heterocycles. The van der Waals surface area contributed by atoms with Gasteiger partial charge >= 0.3 is 6.18 Å². The van der Waals surface area contributed by atoms with Gasteiger partial charge in [0.05, 0.1) is 11.3 Å². The Hall–Kier alpha value is -3.01. The molecule has 0 fully saturated rings. The van der Waals surface area contributed by atoms with Crippen molar-refractivity contribution >= 4 is 33.1 Å². The highest BCUT2D eigenvalue weighted by Crippen LogP contribution is 2.42. The smallest absolute Gasteiger partial charge is 0.417 e. The van der Waals surface area contributed by atoms with Crippen molar-refractivity contribution in [2.45, 2.75) is 19.6 Å². The van der Waals surface area contributed by atoms with Gasteiger partial charge in [0, 0.05) is 17.6 Å². The number of fused-ring (bicyclic) bond motifs is 2. The number of pyridine rings is 1. The Kier molecular flexibility index (Phi) is 4.30. The minimum atomic E-state index is -4.60. The van der Waals surface area contributed by atoms with Gasteiger partial charge in [-0.2, -0.15) is 13.2 Å². The first-order valence-electron chi connectivity index (χ1n) is 8.17. The molecule has 146 valence electrons. The van der Waals surface area contributed by atoms with E-state index in [9.17, 15) is 18.0 Å². The van der Waals surface area contributed by atoms with Crippen LogP contribution in [0.5, 0.6) is 11.5 Å². The molecular formula is C18H14F3N3O3S. The van der Waals surface area contributed by atoms with Crippen LogP contribution in [0.4, 0.5) is 18.9 Å². The van der Waals surface area contributed by atoms with Crippen LogP contribution in [0, 0.1) is 6.92 Å². The van der Waals surface area contributed by atoms with E-state index in [2.05, 4.69) is 10.3 Å². The van der Waals surface area contributed by atoms with E-state index in [1.54, 1.807) is 18.2 Å². The molecule has 0 aliphatic carbocycles. The largest absolute Gasteiger partial charge is 0.454 e. The van der Waals surface area contributed by atoms with Crippen LogP contribution < -0.4 is 20.5 Å². The minimum Gasteiger partial charge on any atom is -0.454 e. The molecule has 1 aliphatic rings. The zero-order valence-corrected chi connectivity index (χ0v) is 15.3. The number of nitrogens with two attached hydrogens (primary N) is 1. The zero-order valence-electron chi connectivity index (χ0n) is 14.5. The second-order valence-electron chi connectivity index (χ2n) is 6.20. The number of benzene rings is 1. The lowest BCUT2D eigenvalue weighted by Gasteiger charge is -2.09. The van der Waals surface area contributed by atoms with Crippen molar-refractivity contribution in [3.05, 3.63) is 46.0 Å². The summed E-state index contributed by atoms with van der Waals surface area (Å²) in [6.07, 6.45) is -4.60. The van der Waals surface area contributed by atoms with Crippen LogP contribution in [0.25, 0.3) is 10.2 Å². The molecule has 0 bridgehead atoms. The summed E-state index contributed by atoms with van der Waals surface area (Å²) in [4.78, 5) is 16.7. The number of nitrogens with zero attached hydrogens (tertiary/aromatic N) is 1. The quantitative estimate of drug-likeness (QED) is 0.686. The number of rotatable bonds is 3. The summed E-state index contributed by atoms with van der Waals surface area (Å²) in [7, 11) is 0. The summed E-state index contributed by atoms with van der Waals surface area (Å²) >= 11 is 0.839. The van der Waals surface area contributed by atoms with E-state index in [1.165, 1.54) is 6.92 Å². The molecule has 1 aliphatic heterocycles. The predicted octanol–water partition coefficient (Wildman–Crippen LogP) is 3.86. The molecule has 1 amide bonds. The Morgan fingerprint density at radius 1 is 1.29 bits per heavy atom. The van der Waals surface area contributed by atoms with Gasteiger partial charge in [-0.3, -0.25) is 4.79 Å². The van der Waals surface area contributed by atoms with Crippen LogP contribution >= 0.6 is 11.3 Å². The summed E-state index contributed by atoms with van der Waals surface area (Å²) in [5, 5.41) is 2.43. The molecular weight excluding hydrogens is 395 g/mol. The van der Waals surface area contributed by atoms with Crippen LogP contribution in [0.2, 0.25) is 0 Å². The average molecular weight is 409 g/mol. The van der Waals surface area contributed by atoms with Gasteiger partial charge in [0.15, 0.2) is 11.5 Å². The van der Waals surface area contributed by atoms with Crippen LogP contribution in [-0.4, -0.2) is 17.7 Å². The van der Waals surface area contributed by atoms with E-state index in [1.807, 2.05) is 0 Å². The number of carbonyl (C=O) groups is 1. The van der Waals surface area contributed by atoms with Crippen molar-refractivity contribution in [1.29, 1.82) is 0 Å². The molecule has 0 spiro atoms. The average Bonchev–Trinajstić information content (AvgIpc) is 3.22.